The summed E-state index contributed by atoms with van der Waals surface area (Å²) in [5.74, 6) is -0.0255. The number of hydrogen-bond donors (Lipinski definition) is 0. The van der Waals surface area contributed by atoms with Gasteiger partial charge in [0, 0.05) is 6.42 Å². The third kappa shape index (κ3) is 8.00. The number of rotatable bonds is 0. The maximum atomic E-state index is 10.5. The summed E-state index contributed by atoms with van der Waals surface area (Å²) < 4.78 is 4.76. The maximum Gasteiger partial charge on any atom is 2.00 e. The third-order valence-electron chi connectivity index (χ3n) is 1.29. The Bertz CT molecular complexity index is 90.6. The molecule has 5 heteroatoms. The molecule has 0 aromatic rings. The fourth-order valence-electron chi connectivity index (χ4n) is 0.806. The van der Waals surface area contributed by atoms with E-state index in [1.54, 1.807) is 0 Å². The average molecular weight is 176 g/mol. The number of hydrogen-bond acceptors (Lipinski definition) is 2. The smallest absolute Gasteiger partial charge is 1.00 e. The van der Waals surface area contributed by atoms with Crippen LogP contribution in [-0.4, -0.2) is 35.6 Å². The summed E-state index contributed by atoms with van der Waals surface area (Å²) in [5.41, 5.74) is 0. The molecule has 0 N–H and O–H groups in total. The number of carbonyl (C=O) groups excluding carboxylic acids is 1. The molecule has 1 aliphatic heterocycles. The van der Waals surface area contributed by atoms with Gasteiger partial charge in [-0.15, -0.1) is 0 Å². The molecule has 0 amide bonds. The van der Waals surface area contributed by atoms with Crippen molar-refractivity contribution < 1.29 is 18.9 Å². The van der Waals surface area contributed by atoms with Crippen LogP contribution in [0.2, 0.25) is 0 Å². The number of ether oxygens (including phenoxy) is 1. The first kappa shape index (κ1) is 17.3. The van der Waals surface area contributed by atoms with Crippen molar-refractivity contribution in [2.75, 3.05) is 6.61 Å². The van der Waals surface area contributed by atoms with Gasteiger partial charge >= 0.3 is 29.0 Å². The molecule has 0 aliphatic carbocycles. The van der Waals surface area contributed by atoms with Crippen LogP contribution in [0.25, 0.3) is 0 Å². The molecule has 0 spiro atoms. The maximum absolute atomic E-state index is 10.5. The van der Waals surface area contributed by atoms with Gasteiger partial charge in [-0.1, -0.05) is 0 Å². The monoisotopic (exact) mass is 176 g/mol. The molecule has 0 bridgehead atoms. The summed E-state index contributed by atoms with van der Waals surface area (Å²) in [6, 6.07) is 0. The number of esters is 1. The number of halogens is 2. The topological polar surface area (TPSA) is 26.3 Å². The average Bonchev–Trinajstić information content (AvgIpc) is 1.94. The standard InChI is InChI=1S/C6H10O2.2FH.Mg/c7-6-4-2-1-3-5-8-6;;;/h1-5H2;2*1H;/q;;;+2/p-2. The van der Waals surface area contributed by atoms with E-state index in [-0.39, 0.29) is 38.4 Å². The summed E-state index contributed by atoms with van der Waals surface area (Å²) in [4.78, 5) is 10.5. The molecule has 2 nitrogen and oxygen atoms in total. The Labute approximate surface area is 80.6 Å². The third-order valence-corrected chi connectivity index (χ3v) is 1.29. The van der Waals surface area contributed by atoms with E-state index in [1.165, 1.54) is 0 Å². The molecule has 0 aromatic heterocycles. The predicted molar refractivity (Wildman–Crippen MR) is 35.2 cm³/mol. The zero-order chi connectivity index (χ0) is 5.82. The zero-order valence-corrected chi connectivity index (χ0v) is 7.73. The molecule has 1 aliphatic rings. The molecule has 0 saturated carbocycles. The van der Waals surface area contributed by atoms with Crippen molar-refractivity contribution in [2.45, 2.75) is 25.7 Å². The van der Waals surface area contributed by atoms with Gasteiger partial charge < -0.3 is 14.1 Å². The minimum absolute atomic E-state index is 0. The Hall–Kier alpha value is 0.0962. The van der Waals surface area contributed by atoms with Gasteiger partial charge in [0.15, 0.2) is 0 Å². The van der Waals surface area contributed by atoms with Gasteiger partial charge in [-0.25, -0.2) is 0 Å². The molecule has 1 saturated heterocycles. The van der Waals surface area contributed by atoms with Crippen molar-refractivity contribution in [1.29, 1.82) is 0 Å². The van der Waals surface area contributed by atoms with Crippen LogP contribution < -0.4 is 9.41 Å². The van der Waals surface area contributed by atoms with Crippen LogP contribution >= 0.6 is 0 Å². The Balaban J connectivity index is -0.000000213. The van der Waals surface area contributed by atoms with Crippen molar-refractivity contribution in [3.05, 3.63) is 0 Å². The van der Waals surface area contributed by atoms with E-state index < -0.39 is 0 Å². The van der Waals surface area contributed by atoms with E-state index in [0.717, 1.165) is 19.3 Å². The summed E-state index contributed by atoms with van der Waals surface area (Å²) in [7, 11) is 0. The van der Waals surface area contributed by atoms with Crippen LogP contribution in [-0.2, 0) is 9.53 Å². The van der Waals surface area contributed by atoms with Crippen molar-refractivity contribution in [1.82, 2.24) is 0 Å². The van der Waals surface area contributed by atoms with E-state index in [9.17, 15) is 4.79 Å². The molecule has 62 valence electrons. The first-order chi connectivity index (χ1) is 3.89. The molecule has 1 heterocycles. The van der Waals surface area contributed by atoms with Gasteiger partial charge in [0.25, 0.3) is 0 Å². The second-order valence-electron chi connectivity index (χ2n) is 2.03. The Kier molecular flexibility index (Phi) is 15.8. The molecular weight excluding hydrogens is 166 g/mol. The van der Waals surface area contributed by atoms with Gasteiger partial charge in [-0.3, -0.25) is 4.79 Å². The second kappa shape index (κ2) is 10.1. The SMILES string of the molecule is O=C1CCCCCO1.[F-].[F-].[Mg+2]. The molecule has 0 unspecified atom stereocenters. The molecule has 1 fully saturated rings. The summed E-state index contributed by atoms with van der Waals surface area (Å²) in [6.45, 7) is 0.638. The van der Waals surface area contributed by atoms with E-state index in [4.69, 9.17) is 4.74 Å². The normalized spacial score (nSPS) is 15.8. The molecule has 1 rings (SSSR count). The van der Waals surface area contributed by atoms with Crippen molar-refractivity contribution in [2.24, 2.45) is 0 Å². The molecule has 11 heavy (non-hydrogen) atoms. The van der Waals surface area contributed by atoms with Crippen molar-refractivity contribution >= 4 is 29.0 Å². The van der Waals surface area contributed by atoms with Gasteiger partial charge in [-0.2, -0.15) is 0 Å². The van der Waals surface area contributed by atoms with Gasteiger partial charge in [0.1, 0.15) is 0 Å². The van der Waals surface area contributed by atoms with E-state index >= 15 is 0 Å². The van der Waals surface area contributed by atoms with Crippen LogP contribution in [0.5, 0.6) is 0 Å². The Morgan fingerprint density at radius 2 is 1.73 bits per heavy atom. The fourth-order valence-corrected chi connectivity index (χ4v) is 0.806. The quantitative estimate of drug-likeness (QED) is 0.272. The van der Waals surface area contributed by atoms with E-state index in [2.05, 4.69) is 0 Å². The molecule has 0 atom stereocenters. The number of cyclic esters (lactones) is 1. The molecule has 0 aromatic carbocycles. The fraction of sp³-hybridized carbons (Fsp3) is 0.833. The summed E-state index contributed by atoms with van der Waals surface area (Å²) in [6.07, 6.45) is 3.83. The van der Waals surface area contributed by atoms with Crippen LogP contribution in [0.1, 0.15) is 25.7 Å². The Morgan fingerprint density at radius 1 is 1.09 bits per heavy atom. The van der Waals surface area contributed by atoms with Crippen molar-refractivity contribution in [3.8, 4) is 0 Å². The Morgan fingerprint density at radius 3 is 2.36 bits per heavy atom. The molecular formula is C6H10F2MgO2. The van der Waals surface area contributed by atoms with Gasteiger partial charge in [-0.05, 0) is 19.3 Å². The zero-order valence-electron chi connectivity index (χ0n) is 6.32. The van der Waals surface area contributed by atoms with Crippen molar-refractivity contribution in [3.63, 3.8) is 0 Å². The minimum atomic E-state index is -0.0255. The van der Waals surface area contributed by atoms with Crippen LogP contribution in [0.15, 0.2) is 0 Å². The van der Waals surface area contributed by atoms with E-state index in [1.807, 2.05) is 0 Å². The van der Waals surface area contributed by atoms with E-state index in [0.29, 0.717) is 13.0 Å². The minimum Gasteiger partial charge on any atom is -1.00 e. The largest absolute Gasteiger partial charge is 2.00 e. The summed E-state index contributed by atoms with van der Waals surface area (Å²) in [5, 5.41) is 0. The van der Waals surface area contributed by atoms with Gasteiger partial charge in [0.2, 0.25) is 0 Å². The van der Waals surface area contributed by atoms with Crippen LogP contribution in [0, 0.1) is 0 Å². The first-order valence-electron chi connectivity index (χ1n) is 3.05. The molecule has 0 radical (unpaired) electrons. The number of carbonyl (C=O) groups is 1. The van der Waals surface area contributed by atoms with Crippen LogP contribution in [0.3, 0.4) is 0 Å². The second-order valence-corrected chi connectivity index (χ2v) is 2.03. The predicted octanol–water partition coefficient (Wildman–Crippen LogP) is -5.27. The summed E-state index contributed by atoms with van der Waals surface area (Å²) >= 11 is 0. The van der Waals surface area contributed by atoms with Gasteiger partial charge in [0.05, 0.1) is 6.61 Å². The first-order valence-corrected chi connectivity index (χ1v) is 3.05. The van der Waals surface area contributed by atoms with Crippen LogP contribution in [0.4, 0.5) is 0 Å².